The highest BCUT2D eigenvalue weighted by Crippen LogP contribution is 2.23. The number of benzene rings is 2. The molecular formula is C22H23FN4O2. The first-order chi connectivity index (χ1) is 14.1. The van der Waals surface area contributed by atoms with Crippen LogP contribution in [0.1, 0.15) is 30.1 Å². The summed E-state index contributed by atoms with van der Waals surface area (Å²) >= 11 is 0. The minimum absolute atomic E-state index is 0.0658. The number of nitrogens with zero attached hydrogens (tertiary/aromatic N) is 3. The number of hydrogen-bond donors (Lipinski definition) is 1. The third kappa shape index (κ3) is 3.85. The summed E-state index contributed by atoms with van der Waals surface area (Å²) in [5.41, 5.74) is 2.31. The zero-order valence-corrected chi connectivity index (χ0v) is 16.3. The van der Waals surface area contributed by atoms with E-state index >= 15 is 0 Å². The van der Waals surface area contributed by atoms with Crippen LogP contribution in [0.25, 0.3) is 11.0 Å². The zero-order valence-electron chi connectivity index (χ0n) is 16.3. The molecule has 150 valence electrons. The quantitative estimate of drug-likeness (QED) is 0.734. The van der Waals surface area contributed by atoms with Crippen molar-refractivity contribution in [2.24, 2.45) is 5.92 Å². The molecule has 1 aliphatic rings. The van der Waals surface area contributed by atoms with E-state index in [-0.39, 0.29) is 23.5 Å². The molecule has 3 aromatic rings. The van der Waals surface area contributed by atoms with E-state index in [0.717, 1.165) is 11.0 Å². The van der Waals surface area contributed by atoms with Crippen molar-refractivity contribution in [3.05, 3.63) is 59.9 Å². The van der Waals surface area contributed by atoms with Crippen molar-refractivity contribution in [1.29, 1.82) is 0 Å². The van der Waals surface area contributed by atoms with Crippen molar-refractivity contribution in [3.8, 4) is 0 Å². The van der Waals surface area contributed by atoms with Crippen LogP contribution in [0.3, 0.4) is 0 Å². The lowest BCUT2D eigenvalue weighted by Gasteiger charge is -2.31. The fraction of sp³-hybridized carbons (Fsp3) is 0.318. The number of fused-ring (bicyclic) bond motifs is 1. The maximum absolute atomic E-state index is 13.1. The predicted molar refractivity (Wildman–Crippen MR) is 109 cm³/mol. The molecule has 2 heterocycles. The van der Waals surface area contributed by atoms with Gasteiger partial charge in [-0.25, -0.2) is 9.37 Å². The van der Waals surface area contributed by atoms with E-state index in [9.17, 15) is 14.0 Å². The predicted octanol–water partition coefficient (Wildman–Crippen LogP) is 3.69. The third-order valence-corrected chi connectivity index (χ3v) is 5.45. The molecule has 0 saturated carbocycles. The van der Waals surface area contributed by atoms with E-state index in [1.54, 1.807) is 4.90 Å². The summed E-state index contributed by atoms with van der Waals surface area (Å²) in [4.78, 5) is 31.6. The van der Waals surface area contributed by atoms with Gasteiger partial charge in [0.2, 0.25) is 11.9 Å². The van der Waals surface area contributed by atoms with Gasteiger partial charge in [-0.2, -0.15) is 0 Å². The lowest BCUT2D eigenvalue weighted by atomic mass is 9.95. The van der Waals surface area contributed by atoms with Gasteiger partial charge < -0.3 is 9.47 Å². The molecule has 2 aromatic carbocycles. The minimum Gasteiger partial charge on any atom is -0.339 e. The Bertz CT molecular complexity index is 1040. The van der Waals surface area contributed by atoms with Crippen LogP contribution in [0, 0.1) is 11.7 Å². The van der Waals surface area contributed by atoms with Gasteiger partial charge in [0.25, 0.3) is 5.91 Å². The smallest absolute Gasteiger partial charge is 0.253 e. The lowest BCUT2D eigenvalue weighted by molar-refractivity contribution is -0.121. The van der Waals surface area contributed by atoms with Gasteiger partial charge in [-0.1, -0.05) is 12.1 Å². The number of carbonyl (C=O) groups excluding carboxylic acids is 2. The van der Waals surface area contributed by atoms with Crippen LogP contribution in [0.4, 0.5) is 10.3 Å². The number of imidazole rings is 1. The van der Waals surface area contributed by atoms with E-state index in [0.29, 0.717) is 44.0 Å². The number of carbonyl (C=O) groups is 2. The molecule has 1 saturated heterocycles. The van der Waals surface area contributed by atoms with Crippen LogP contribution in [0.5, 0.6) is 0 Å². The molecule has 0 unspecified atom stereocenters. The highest BCUT2D eigenvalue weighted by atomic mass is 19.1. The maximum Gasteiger partial charge on any atom is 0.253 e. The SMILES string of the molecule is CCn1c(NC(=O)C2CCN(C(=O)c3ccc(F)cc3)CC2)nc2ccccc21. The Morgan fingerprint density at radius 3 is 2.48 bits per heavy atom. The highest BCUT2D eigenvalue weighted by molar-refractivity contribution is 5.95. The summed E-state index contributed by atoms with van der Waals surface area (Å²) in [6, 6.07) is 13.3. The van der Waals surface area contributed by atoms with Crippen LogP contribution in [0.15, 0.2) is 48.5 Å². The number of aryl methyl sites for hydroxylation is 1. The first-order valence-corrected chi connectivity index (χ1v) is 9.87. The second-order valence-corrected chi connectivity index (χ2v) is 7.23. The van der Waals surface area contributed by atoms with Crippen LogP contribution < -0.4 is 5.32 Å². The molecule has 2 amide bonds. The fourth-order valence-electron chi connectivity index (χ4n) is 3.82. The number of anilines is 1. The topological polar surface area (TPSA) is 67.2 Å². The van der Waals surface area contributed by atoms with E-state index in [1.165, 1.54) is 24.3 Å². The molecule has 4 rings (SSSR count). The Hall–Kier alpha value is -3.22. The molecule has 1 fully saturated rings. The van der Waals surface area contributed by atoms with Gasteiger partial charge in [0.05, 0.1) is 11.0 Å². The molecule has 6 nitrogen and oxygen atoms in total. The van der Waals surface area contributed by atoms with Gasteiger partial charge >= 0.3 is 0 Å². The maximum atomic E-state index is 13.1. The molecule has 1 aliphatic heterocycles. The minimum atomic E-state index is -0.366. The van der Waals surface area contributed by atoms with Gasteiger partial charge in [-0.05, 0) is 56.2 Å². The highest BCUT2D eigenvalue weighted by Gasteiger charge is 2.28. The second-order valence-electron chi connectivity index (χ2n) is 7.23. The molecule has 0 spiro atoms. The van der Waals surface area contributed by atoms with Gasteiger partial charge in [-0.15, -0.1) is 0 Å². The largest absolute Gasteiger partial charge is 0.339 e. The molecule has 1 N–H and O–H groups in total. The first kappa shape index (κ1) is 19.1. The zero-order chi connectivity index (χ0) is 20.4. The van der Waals surface area contributed by atoms with Crippen LogP contribution in [-0.4, -0.2) is 39.4 Å². The molecule has 0 radical (unpaired) electrons. The summed E-state index contributed by atoms with van der Waals surface area (Å²) in [6.07, 6.45) is 1.18. The number of amides is 2. The molecule has 0 bridgehead atoms. The van der Waals surface area contributed by atoms with Crippen molar-refractivity contribution >= 4 is 28.8 Å². The number of hydrogen-bond acceptors (Lipinski definition) is 3. The van der Waals surface area contributed by atoms with E-state index in [2.05, 4.69) is 10.3 Å². The monoisotopic (exact) mass is 394 g/mol. The van der Waals surface area contributed by atoms with Gasteiger partial charge in [-0.3, -0.25) is 14.9 Å². The third-order valence-electron chi connectivity index (χ3n) is 5.45. The normalized spacial score (nSPS) is 14.9. The number of piperidine rings is 1. The molecule has 0 atom stereocenters. The summed E-state index contributed by atoms with van der Waals surface area (Å²) in [5, 5.41) is 2.97. The lowest BCUT2D eigenvalue weighted by Crippen LogP contribution is -2.41. The average Bonchev–Trinajstić information content (AvgIpc) is 3.10. The molecule has 0 aliphatic carbocycles. The molecule has 7 heteroatoms. The van der Waals surface area contributed by atoms with Crippen molar-refractivity contribution in [3.63, 3.8) is 0 Å². The number of halogens is 1. The molecular weight excluding hydrogens is 371 g/mol. The van der Waals surface area contributed by atoms with Crippen molar-refractivity contribution in [2.75, 3.05) is 18.4 Å². The Morgan fingerprint density at radius 2 is 1.79 bits per heavy atom. The number of likely N-dealkylation sites (tertiary alicyclic amines) is 1. The van der Waals surface area contributed by atoms with E-state index < -0.39 is 0 Å². The molecule has 1 aromatic heterocycles. The van der Waals surface area contributed by atoms with Crippen molar-refractivity contribution in [2.45, 2.75) is 26.3 Å². The average molecular weight is 394 g/mol. The number of aromatic nitrogens is 2. The Labute approximate surface area is 168 Å². The Morgan fingerprint density at radius 1 is 1.10 bits per heavy atom. The van der Waals surface area contributed by atoms with Crippen LogP contribution in [-0.2, 0) is 11.3 Å². The summed E-state index contributed by atoms with van der Waals surface area (Å²) in [6.45, 7) is 3.72. The number of para-hydroxylation sites is 2. The van der Waals surface area contributed by atoms with E-state index in [1.807, 2.05) is 35.8 Å². The van der Waals surface area contributed by atoms with Crippen molar-refractivity contribution < 1.29 is 14.0 Å². The Balaban J connectivity index is 1.39. The summed E-state index contributed by atoms with van der Waals surface area (Å²) in [7, 11) is 0. The standard InChI is InChI=1S/C22H23FN4O2/c1-2-27-19-6-4-3-5-18(19)24-22(27)25-20(28)15-11-13-26(14-12-15)21(29)16-7-9-17(23)10-8-16/h3-10,15H,2,11-14H2,1H3,(H,24,25,28). The summed E-state index contributed by atoms with van der Waals surface area (Å²) in [5.74, 6) is -0.170. The van der Waals surface area contributed by atoms with Gasteiger partial charge in [0.15, 0.2) is 0 Å². The van der Waals surface area contributed by atoms with Crippen molar-refractivity contribution in [1.82, 2.24) is 14.5 Å². The van der Waals surface area contributed by atoms with Gasteiger partial charge in [0, 0.05) is 31.1 Å². The van der Waals surface area contributed by atoms with E-state index in [4.69, 9.17) is 0 Å². The second kappa shape index (κ2) is 8.03. The first-order valence-electron chi connectivity index (χ1n) is 9.87. The Kier molecular flexibility index (Phi) is 5.29. The number of nitrogens with one attached hydrogen (secondary N) is 1. The fourth-order valence-corrected chi connectivity index (χ4v) is 3.82. The van der Waals surface area contributed by atoms with Crippen LogP contribution >= 0.6 is 0 Å². The summed E-state index contributed by atoms with van der Waals surface area (Å²) < 4.78 is 15.0. The molecule has 29 heavy (non-hydrogen) atoms. The van der Waals surface area contributed by atoms with Crippen LogP contribution in [0.2, 0.25) is 0 Å². The number of rotatable bonds is 4. The van der Waals surface area contributed by atoms with Gasteiger partial charge in [0.1, 0.15) is 5.82 Å².